The maximum absolute atomic E-state index is 12.5. The maximum atomic E-state index is 12.5. The summed E-state index contributed by atoms with van der Waals surface area (Å²) in [6, 6.07) is 1.64. The van der Waals surface area contributed by atoms with Crippen molar-refractivity contribution < 1.29 is 13.9 Å². The van der Waals surface area contributed by atoms with Gasteiger partial charge >= 0.3 is 6.09 Å². The number of hydrogen-bond acceptors (Lipinski definition) is 5. The van der Waals surface area contributed by atoms with Crippen LogP contribution < -0.4 is 4.90 Å². The van der Waals surface area contributed by atoms with Crippen LogP contribution in [0.5, 0.6) is 0 Å². The number of amides is 1. The summed E-state index contributed by atoms with van der Waals surface area (Å²) in [4.78, 5) is 23.2. The van der Waals surface area contributed by atoms with Crippen LogP contribution in [0.3, 0.4) is 0 Å². The van der Waals surface area contributed by atoms with E-state index >= 15 is 0 Å². The van der Waals surface area contributed by atoms with Crippen molar-refractivity contribution in [2.24, 2.45) is 0 Å². The standard InChI is InChI=1S/C12H17FN4O2/c1-2-19-12(18)17-5-3-16(4-6-17)11-7-10(8-13)14-9-15-11/h7,9H,2-6,8H2,1H3. The van der Waals surface area contributed by atoms with E-state index in [0.717, 1.165) is 0 Å². The molecule has 0 aromatic carbocycles. The molecule has 6 nitrogen and oxygen atoms in total. The quantitative estimate of drug-likeness (QED) is 0.825. The topological polar surface area (TPSA) is 58.6 Å². The molecule has 1 amide bonds. The van der Waals surface area contributed by atoms with Gasteiger partial charge in [-0.15, -0.1) is 0 Å². The van der Waals surface area contributed by atoms with Crippen molar-refractivity contribution in [2.75, 3.05) is 37.7 Å². The summed E-state index contributed by atoms with van der Waals surface area (Å²) >= 11 is 0. The third-order valence-corrected chi connectivity index (χ3v) is 2.98. The normalized spacial score (nSPS) is 15.5. The Morgan fingerprint density at radius 3 is 2.74 bits per heavy atom. The van der Waals surface area contributed by atoms with E-state index in [9.17, 15) is 9.18 Å². The highest BCUT2D eigenvalue weighted by atomic mass is 19.1. The molecule has 1 saturated heterocycles. The summed E-state index contributed by atoms with van der Waals surface area (Å²) in [5.74, 6) is 0.700. The molecule has 0 bridgehead atoms. The van der Waals surface area contributed by atoms with Crippen molar-refractivity contribution in [2.45, 2.75) is 13.6 Å². The molecule has 0 aliphatic carbocycles. The lowest BCUT2D eigenvalue weighted by Crippen LogP contribution is -2.49. The van der Waals surface area contributed by atoms with E-state index in [1.165, 1.54) is 6.33 Å². The van der Waals surface area contributed by atoms with Gasteiger partial charge in [0.2, 0.25) is 0 Å². The van der Waals surface area contributed by atoms with E-state index in [1.807, 2.05) is 4.90 Å². The van der Waals surface area contributed by atoms with Crippen LogP contribution in [-0.2, 0) is 11.4 Å². The van der Waals surface area contributed by atoms with Crippen molar-refractivity contribution >= 4 is 11.9 Å². The molecule has 0 radical (unpaired) electrons. The average Bonchev–Trinajstić information content (AvgIpc) is 2.48. The Labute approximate surface area is 111 Å². The zero-order valence-corrected chi connectivity index (χ0v) is 10.9. The van der Waals surface area contributed by atoms with Crippen molar-refractivity contribution in [3.05, 3.63) is 18.1 Å². The molecule has 104 valence electrons. The number of piperazine rings is 1. The van der Waals surface area contributed by atoms with Crippen molar-refractivity contribution in [1.29, 1.82) is 0 Å². The van der Waals surface area contributed by atoms with Crippen LogP contribution in [0.2, 0.25) is 0 Å². The molecule has 0 unspecified atom stereocenters. The van der Waals surface area contributed by atoms with Gasteiger partial charge in [-0.05, 0) is 6.92 Å². The maximum Gasteiger partial charge on any atom is 0.409 e. The van der Waals surface area contributed by atoms with Crippen molar-refractivity contribution in [3.8, 4) is 0 Å². The fraction of sp³-hybridized carbons (Fsp3) is 0.583. The lowest BCUT2D eigenvalue weighted by Gasteiger charge is -2.34. The fourth-order valence-corrected chi connectivity index (χ4v) is 1.96. The molecule has 19 heavy (non-hydrogen) atoms. The average molecular weight is 268 g/mol. The van der Waals surface area contributed by atoms with Gasteiger partial charge in [0.25, 0.3) is 0 Å². The minimum absolute atomic E-state index is 0.283. The van der Waals surface area contributed by atoms with Crippen LogP contribution in [0.1, 0.15) is 12.6 Å². The monoisotopic (exact) mass is 268 g/mol. The molecule has 1 aliphatic rings. The molecule has 1 aromatic heterocycles. The Kier molecular flexibility index (Phi) is 4.48. The number of carbonyl (C=O) groups excluding carboxylic acids is 1. The number of nitrogens with zero attached hydrogens (tertiary/aromatic N) is 4. The van der Waals surface area contributed by atoms with Gasteiger partial charge in [-0.2, -0.15) is 0 Å². The van der Waals surface area contributed by atoms with Gasteiger partial charge in [0, 0.05) is 32.2 Å². The first-order valence-electron chi connectivity index (χ1n) is 6.28. The Morgan fingerprint density at radius 1 is 1.37 bits per heavy atom. The Balaban J connectivity index is 1.94. The first kappa shape index (κ1) is 13.5. The zero-order chi connectivity index (χ0) is 13.7. The second kappa shape index (κ2) is 6.31. The lowest BCUT2D eigenvalue weighted by molar-refractivity contribution is 0.105. The molecule has 1 aromatic rings. The number of alkyl halides is 1. The second-order valence-corrected chi connectivity index (χ2v) is 4.17. The Hall–Kier alpha value is -1.92. The Bertz CT molecular complexity index is 435. The number of ether oxygens (including phenoxy) is 1. The van der Waals surface area contributed by atoms with E-state index in [2.05, 4.69) is 9.97 Å². The van der Waals surface area contributed by atoms with Crippen LogP contribution in [-0.4, -0.2) is 53.7 Å². The molecule has 0 saturated carbocycles. The largest absolute Gasteiger partial charge is 0.450 e. The molecule has 0 N–H and O–H groups in total. The first-order chi connectivity index (χ1) is 9.24. The number of halogens is 1. The van der Waals surface area contributed by atoms with Gasteiger partial charge in [-0.25, -0.2) is 19.2 Å². The zero-order valence-electron chi connectivity index (χ0n) is 10.9. The summed E-state index contributed by atoms with van der Waals surface area (Å²) in [5, 5.41) is 0. The SMILES string of the molecule is CCOC(=O)N1CCN(c2cc(CF)ncn2)CC1. The number of rotatable bonds is 3. The third kappa shape index (κ3) is 3.30. The summed E-state index contributed by atoms with van der Waals surface area (Å²) in [6.45, 7) is 4.03. The predicted octanol–water partition coefficient (Wildman–Crippen LogP) is 1.22. The van der Waals surface area contributed by atoms with Crippen LogP contribution in [0.4, 0.5) is 15.0 Å². The van der Waals surface area contributed by atoms with E-state index in [4.69, 9.17) is 4.74 Å². The molecule has 0 atom stereocenters. The van der Waals surface area contributed by atoms with E-state index in [0.29, 0.717) is 44.3 Å². The van der Waals surface area contributed by atoms with E-state index in [1.54, 1.807) is 17.9 Å². The summed E-state index contributed by atoms with van der Waals surface area (Å²) < 4.78 is 17.5. The number of aromatic nitrogens is 2. The number of hydrogen-bond donors (Lipinski definition) is 0. The summed E-state index contributed by atoms with van der Waals surface area (Å²) in [5.41, 5.74) is 0.373. The van der Waals surface area contributed by atoms with Gasteiger partial charge in [0.15, 0.2) is 0 Å². The summed E-state index contributed by atoms with van der Waals surface area (Å²) in [6.07, 6.45) is 1.08. The van der Waals surface area contributed by atoms with E-state index in [-0.39, 0.29) is 6.09 Å². The van der Waals surface area contributed by atoms with Gasteiger partial charge in [0.1, 0.15) is 18.8 Å². The smallest absolute Gasteiger partial charge is 0.409 e. The van der Waals surface area contributed by atoms with Crippen LogP contribution in [0.25, 0.3) is 0 Å². The summed E-state index contributed by atoms with van der Waals surface area (Å²) in [7, 11) is 0. The predicted molar refractivity (Wildman–Crippen MR) is 67.7 cm³/mol. The third-order valence-electron chi connectivity index (χ3n) is 2.98. The van der Waals surface area contributed by atoms with Crippen LogP contribution in [0.15, 0.2) is 12.4 Å². The van der Waals surface area contributed by atoms with Crippen molar-refractivity contribution in [3.63, 3.8) is 0 Å². The number of anilines is 1. The van der Waals surface area contributed by atoms with Gasteiger partial charge in [-0.3, -0.25) is 0 Å². The molecule has 2 rings (SSSR count). The van der Waals surface area contributed by atoms with Crippen LogP contribution in [0, 0.1) is 0 Å². The second-order valence-electron chi connectivity index (χ2n) is 4.17. The van der Waals surface area contributed by atoms with Crippen molar-refractivity contribution in [1.82, 2.24) is 14.9 Å². The minimum Gasteiger partial charge on any atom is -0.450 e. The lowest BCUT2D eigenvalue weighted by atomic mass is 10.3. The molecule has 2 heterocycles. The molecule has 1 aliphatic heterocycles. The fourth-order valence-electron chi connectivity index (χ4n) is 1.96. The molecular formula is C12H17FN4O2. The first-order valence-corrected chi connectivity index (χ1v) is 6.28. The minimum atomic E-state index is -0.599. The molecule has 1 fully saturated rings. The van der Waals surface area contributed by atoms with Gasteiger partial charge < -0.3 is 14.5 Å². The molecular weight excluding hydrogens is 251 g/mol. The highest BCUT2D eigenvalue weighted by molar-refractivity contribution is 5.68. The van der Waals surface area contributed by atoms with Gasteiger partial charge in [0.05, 0.1) is 12.3 Å². The van der Waals surface area contributed by atoms with Gasteiger partial charge in [-0.1, -0.05) is 0 Å². The Morgan fingerprint density at radius 2 is 2.11 bits per heavy atom. The molecule has 0 spiro atoms. The number of carbonyl (C=O) groups is 1. The highest BCUT2D eigenvalue weighted by Crippen LogP contribution is 2.14. The highest BCUT2D eigenvalue weighted by Gasteiger charge is 2.22. The molecule has 7 heteroatoms. The van der Waals surface area contributed by atoms with Crippen LogP contribution >= 0.6 is 0 Å². The van der Waals surface area contributed by atoms with E-state index < -0.39 is 6.67 Å².